The fourth-order valence-electron chi connectivity index (χ4n) is 3.50. The Balaban J connectivity index is 1.60. The second-order valence-electron chi connectivity index (χ2n) is 7.38. The number of nitrogens with one attached hydrogen (secondary N) is 2. The van der Waals surface area contributed by atoms with Gasteiger partial charge in [-0.15, -0.1) is 10.2 Å². The van der Waals surface area contributed by atoms with Crippen LogP contribution >= 0.6 is 23.1 Å². The molecule has 1 aromatic carbocycles. The van der Waals surface area contributed by atoms with Gasteiger partial charge in [0.2, 0.25) is 11.0 Å². The zero-order chi connectivity index (χ0) is 21.2. The number of allylic oxidation sites excluding steroid dienone is 1. The number of Topliss-reactive ketones (excluding diaryl/α,β-unsaturated/α-hetero) is 1. The third-order valence-electron chi connectivity index (χ3n) is 5.14. The predicted octanol–water partition coefficient (Wildman–Crippen LogP) is 4.11. The Kier molecular flexibility index (Phi) is 9.04. The number of piperidine rings is 1. The number of rotatable bonds is 10. The van der Waals surface area contributed by atoms with Crippen LogP contribution in [-0.2, 0) is 16.0 Å². The molecule has 2 N–H and O–H groups in total. The van der Waals surface area contributed by atoms with Crippen molar-refractivity contribution in [2.24, 2.45) is 5.92 Å². The third kappa shape index (κ3) is 7.34. The van der Waals surface area contributed by atoms with Crippen LogP contribution in [0.4, 0.5) is 5.13 Å². The fourth-order valence-corrected chi connectivity index (χ4v) is 4.68. The van der Waals surface area contributed by atoms with E-state index >= 15 is 0 Å². The van der Waals surface area contributed by atoms with Crippen molar-refractivity contribution in [1.29, 1.82) is 0 Å². The Bertz CT molecular complexity index is 848. The van der Waals surface area contributed by atoms with E-state index in [4.69, 9.17) is 0 Å². The van der Waals surface area contributed by atoms with Crippen LogP contribution in [0.2, 0.25) is 0 Å². The minimum atomic E-state index is -0.244. The van der Waals surface area contributed by atoms with Crippen molar-refractivity contribution in [1.82, 2.24) is 15.5 Å². The fraction of sp³-hybridized carbons (Fsp3) is 0.455. The number of hydrogen-bond acceptors (Lipinski definition) is 7. The monoisotopic (exact) mass is 444 g/mol. The molecule has 8 heteroatoms. The lowest BCUT2D eigenvalue weighted by Crippen LogP contribution is -2.41. The molecule has 1 saturated heterocycles. The molecule has 3 rings (SSSR count). The highest BCUT2D eigenvalue weighted by Crippen LogP contribution is 2.23. The van der Waals surface area contributed by atoms with E-state index in [9.17, 15) is 9.59 Å². The molecule has 30 heavy (non-hydrogen) atoms. The third-order valence-corrected chi connectivity index (χ3v) is 6.95. The van der Waals surface area contributed by atoms with Crippen LogP contribution in [0, 0.1) is 5.92 Å². The van der Waals surface area contributed by atoms with Gasteiger partial charge in [-0.1, -0.05) is 65.9 Å². The van der Waals surface area contributed by atoms with E-state index in [1.54, 1.807) is 0 Å². The summed E-state index contributed by atoms with van der Waals surface area (Å²) in [6, 6.07) is 10.2. The Hall–Kier alpha value is -2.03. The first-order valence-electron chi connectivity index (χ1n) is 10.3. The molecule has 1 aliphatic heterocycles. The number of hydrogen-bond donors (Lipinski definition) is 2. The van der Waals surface area contributed by atoms with Gasteiger partial charge in [-0.05, 0) is 56.0 Å². The zero-order valence-electron chi connectivity index (χ0n) is 17.2. The molecule has 0 aliphatic carbocycles. The van der Waals surface area contributed by atoms with Gasteiger partial charge in [0, 0.05) is 6.42 Å². The van der Waals surface area contributed by atoms with Crippen molar-refractivity contribution in [3.63, 3.8) is 0 Å². The van der Waals surface area contributed by atoms with Crippen LogP contribution in [0.1, 0.15) is 37.7 Å². The number of carbonyl (C=O) groups is 2. The largest absolute Gasteiger partial charge is 0.307 e. The van der Waals surface area contributed by atoms with E-state index in [2.05, 4.69) is 33.0 Å². The molecule has 2 atom stereocenters. The smallest absolute Gasteiger partial charge is 0.249 e. The number of carbonyl (C=O) groups excluding carboxylic acids is 2. The van der Waals surface area contributed by atoms with Crippen molar-refractivity contribution in [3.05, 3.63) is 48.0 Å². The number of aryl methyl sites for hydroxylation is 1. The van der Waals surface area contributed by atoms with E-state index in [-0.39, 0.29) is 23.7 Å². The molecule has 0 spiro atoms. The van der Waals surface area contributed by atoms with E-state index in [0.29, 0.717) is 11.6 Å². The summed E-state index contributed by atoms with van der Waals surface area (Å²) in [6.07, 6.45) is 10.6. The molecule has 1 amide bonds. The lowest BCUT2D eigenvalue weighted by Gasteiger charge is -2.23. The first-order chi connectivity index (χ1) is 14.6. The van der Waals surface area contributed by atoms with Crippen LogP contribution in [0.3, 0.4) is 0 Å². The first kappa shape index (κ1) is 22.7. The predicted molar refractivity (Wildman–Crippen MR) is 123 cm³/mol. The molecular weight excluding hydrogens is 416 g/mol. The van der Waals surface area contributed by atoms with Gasteiger partial charge in [-0.3, -0.25) is 14.9 Å². The molecule has 1 aliphatic rings. The molecule has 1 aromatic heterocycles. The summed E-state index contributed by atoms with van der Waals surface area (Å²) in [7, 11) is 0. The normalized spacial score (nSPS) is 17.7. The van der Waals surface area contributed by atoms with E-state index in [1.165, 1.54) is 34.7 Å². The summed E-state index contributed by atoms with van der Waals surface area (Å²) in [5.74, 6) is 0.0154. The average Bonchev–Trinajstić information content (AvgIpc) is 3.24. The molecule has 0 unspecified atom stereocenters. The molecule has 0 saturated carbocycles. The first-order valence-corrected chi connectivity index (χ1v) is 12.3. The highest BCUT2D eigenvalue weighted by Gasteiger charge is 2.22. The number of anilines is 1. The maximum absolute atomic E-state index is 12.8. The summed E-state index contributed by atoms with van der Waals surface area (Å²) < 4.78 is 0.806. The standard InChI is InChI=1S/C22H28N4O2S2/c1-29-22-26-25-21(30-22)24-20(28)13-12-17(11-10-16-7-3-2-4-8-16)15-19(27)18-9-5-6-14-23-18/h2-4,7-8,12-13,17-18,23H,5-6,9-11,14-15H2,1H3,(H,24,25,28)/b13-12+/t17-,18-/m0/s1. The van der Waals surface area contributed by atoms with Gasteiger partial charge in [0.25, 0.3) is 0 Å². The van der Waals surface area contributed by atoms with Crippen molar-refractivity contribution >= 4 is 39.9 Å². The summed E-state index contributed by atoms with van der Waals surface area (Å²) in [5.41, 5.74) is 1.24. The van der Waals surface area contributed by atoms with Crippen LogP contribution in [0.5, 0.6) is 0 Å². The molecule has 160 valence electrons. The molecule has 2 aromatic rings. The maximum Gasteiger partial charge on any atom is 0.249 e. The second-order valence-corrected chi connectivity index (χ2v) is 9.41. The van der Waals surface area contributed by atoms with E-state index in [0.717, 1.165) is 43.0 Å². The van der Waals surface area contributed by atoms with Crippen molar-refractivity contribution in [2.75, 3.05) is 18.1 Å². The van der Waals surface area contributed by atoms with Gasteiger partial charge in [0.15, 0.2) is 4.34 Å². The summed E-state index contributed by atoms with van der Waals surface area (Å²) in [5, 5.41) is 14.5. The summed E-state index contributed by atoms with van der Waals surface area (Å²) in [4.78, 5) is 25.1. The van der Waals surface area contributed by atoms with E-state index in [1.807, 2.05) is 30.5 Å². The van der Waals surface area contributed by atoms with Gasteiger partial charge >= 0.3 is 0 Å². The summed E-state index contributed by atoms with van der Waals surface area (Å²) in [6.45, 7) is 0.906. The van der Waals surface area contributed by atoms with Gasteiger partial charge in [0.1, 0.15) is 5.78 Å². The summed E-state index contributed by atoms with van der Waals surface area (Å²) >= 11 is 2.84. The van der Waals surface area contributed by atoms with Gasteiger partial charge in [0.05, 0.1) is 6.04 Å². The van der Waals surface area contributed by atoms with Crippen molar-refractivity contribution < 1.29 is 9.59 Å². The molecule has 0 bridgehead atoms. The lowest BCUT2D eigenvalue weighted by molar-refractivity contribution is -0.122. The quantitative estimate of drug-likeness (QED) is 0.326. The van der Waals surface area contributed by atoms with Crippen LogP contribution in [0.15, 0.2) is 46.8 Å². The molecule has 0 radical (unpaired) electrons. The number of amides is 1. The van der Waals surface area contributed by atoms with Crippen molar-refractivity contribution in [2.45, 2.75) is 48.9 Å². The molecule has 1 fully saturated rings. The van der Waals surface area contributed by atoms with Crippen LogP contribution < -0.4 is 10.6 Å². The topological polar surface area (TPSA) is 84.0 Å². The van der Waals surface area contributed by atoms with E-state index < -0.39 is 0 Å². The maximum atomic E-state index is 12.8. The van der Waals surface area contributed by atoms with Crippen molar-refractivity contribution in [3.8, 4) is 0 Å². The number of thioether (sulfide) groups is 1. The molecular formula is C22H28N4O2S2. The van der Waals surface area contributed by atoms with Gasteiger partial charge in [-0.25, -0.2) is 0 Å². The highest BCUT2D eigenvalue weighted by molar-refractivity contribution is 8.00. The Morgan fingerprint density at radius 2 is 2.13 bits per heavy atom. The highest BCUT2D eigenvalue weighted by atomic mass is 32.2. The Morgan fingerprint density at radius 1 is 1.30 bits per heavy atom. The number of ketones is 1. The lowest BCUT2D eigenvalue weighted by atomic mass is 9.90. The second kappa shape index (κ2) is 12.0. The molecule has 6 nitrogen and oxygen atoms in total. The number of benzene rings is 1. The molecule has 2 heterocycles. The Labute approximate surface area is 185 Å². The SMILES string of the molecule is CSc1nnc(NC(=O)/C=C/[C@H](CCc2ccccc2)CC(=O)[C@@H]2CCCCN2)s1. The zero-order valence-corrected chi connectivity index (χ0v) is 18.8. The average molecular weight is 445 g/mol. The van der Waals surface area contributed by atoms with Gasteiger partial charge < -0.3 is 5.32 Å². The number of aromatic nitrogens is 2. The minimum Gasteiger partial charge on any atom is -0.307 e. The van der Waals surface area contributed by atoms with Crippen LogP contribution in [-0.4, -0.2) is 40.7 Å². The Morgan fingerprint density at radius 3 is 2.83 bits per heavy atom. The number of nitrogens with zero attached hydrogens (tertiary/aromatic N) is 2. The van der Waals surface area contributed by atoms with Gasteiger partial charge in [-0.2, -0.15) is 0 Å². The van der Waals surface area contributed by atoms with Crippen LogP contribution in [0.25, 0.3) is 0 Å². The minimum absolute atomic E-state index is 0.0170.